The lowest BCUT2D eigenvalue weighted by Gasteiger charge is -2.18. The molecule has 0 unspecified atom stereocenters. The maximum absolute atomic E-state index is 2.41. The highest BCUT2D eigenvalue weighted by atomic mass is 32.2. The summed E-state index contributed by atoms with van der Waals surface area (Å²) < 4.78 is 1.60. The van der Waals surface area contributed by atoms with E-state index in [0.717, 1.165) is 6.42 Å². The van der Waals surface area contributed by atoms with E-state index in [-0.39, 0.29) is 0 Å². The highest BCUT2D eigenvalue weighted by Crippen LogP contribution is 2.24. The summed E-state index contributed by atoms with van der Waals surface area (Å²) in [5.41, 5.74) is 1.40. The zero-order valence-electron chi connectivity index (χ0n) is 10.1. The van der Waals surface area contributed by atoms with E-state index in [1.54, 1.807) is 4.53 Å². The molecule has 0 aliphatic rings. The number of hydrogen-bond acceptors (Lipinski definition) is 1. The molecule has 0 heterocycles. The molecule has 0 spiro atoms. The first-order valence-corrected chi connectivity index (χ1v) is 10.0. The van der Waals surface area contributed by atoms with Crippen LogP contribution in [-0.4, -0.2) is 14.3 Å². The monoisotopic (exact) mass is 236 g/mol. The van der Waals surface area contributed by atoms with Gasteiger partial charge in [0, 0.05) is 0 Å². The molecule has 1 aromatic rings. The molecule has 15 heavy (non-hydrogen) atoms. The van der Waals surface area contributed by atoms with Gasteiger partial charge in [0.25, 0.3) is 0 Å². The van der Waals surface area contributed by atoms with Gasteiger partial charge in [0.05, 0.1) is 8.07 Å². The Kier molecular flexibility index (Phi) is 4.67. The topological polar surface area (TPSA) is 0 Å². The van der Waals surface area contributed by atoms with Gasteiger partial charge in [0.1, 0.15) is 0 Å². The molecule has 82 valence electrons. The second-order valence-corrected chi connectivity index (χ2v) is 11.0. The molecule has 0 atom stereocenters. The minimum atomic E-state index is -1.12. The van der Waals surface area contributed by atoms with E-state index in [9.17, 15) is 0 Å². The van der Waals surface area contributed by atoms with E-state index in [2.05, 4.69) is 62.3 Å². The van der Waals surface area contributed by atoms with Crippen LogP contribution in [0.3, 0.4) is 0 Å². The van der Waals surface area contributed by atoms with E-state index in [0.29, 0.717) is 0 Å². The van der Waals surface area contributed by atoms with Crippen molar-refractivity contribution in [2.75, 3.05) is 6.26 Å². The van der Waals surface area contributed by atoms with Crippen molar-refractivity contribution < 1.29 is 0 Å². The first kappa shape index (κ1) is 12.6. The van der Waals surface area contributed by atoms with Gasteiger partial charge in [-0.3, -0.25) is 0 Å². The van der Waals surface area contributed by atoms with Crippen LogP contribution in [0.2, 0.25) is 19.6 Å². The maximum atomic E-state index is 2.41. The Morgan fingerprint density at radius 1 is 1.20 bits per heavy atom. The largest absolute Gasteiger partial charge is 0.139 e. The maximum Gasteiger partial charge on any atom is 0.0853 e. The predicted octanol–water partition coefficient (Wildman–Crippen LogP) is 4.35. The van der Waals surface area contributed by atoms with Gasteiger partial charge in [-0.15, -0.1) is 11.8 Å². The molecule has 0 radical (unpaired) electrons. The second kappa shape index (κ2) is 5.57. The summed E-state index contributed by atoms with van der Waals surface area (Å²) in [6, 6.07) is 10.7. The molecule has 0 saturated heterocycles. The van der Waals surface area contributed by atoms with Crippen molar-refractivity contribution in [3.8, 4) is 0 Å². The van der Waals surface area contributed by atoms with Gasteiger partial charge in [-0.1, -0.05) is 56.0 Å². The Morgan fingerprint density at radius 2 is 1.80 bits per heavy atom. The Hall–Kier alpha value is -0.473. The number of allylic oxidation sites excluding steroid dienone is 1. The fourth-order valence-electron chi connectivity index (χ4n) is 1.52. The zero-order valence-corrected chi connectivity index (χ0v) is 11.9. The Bertz CT molecular complexity index is 322. The van der Waals surface area contributed by atoms with E-state index < -0.39 is 8.07 Å². The molecule has 1 aromatic carbocycles. The van der Waals surface area contributed by atoms with Gasteiger partial charge in [-0.05, 0) is 22.8 Å². The Labute approximate surface area is 98.8 Å². The summed E-state index contributed by atoms with van der Waals surface area (Å²) in [5, 5.41) is 0. The standard InChI is InChI=1S/C13H20SSi/c1-14-13(15(2,3)4)11-10-12-8-6-5-7-9-12/h5-9,11H,10H2,1-4H3. The van der Waals surface area contributed by atoms with Gasteiger partial charge < -0.3 is 0 Å². The summed E-state index contributed by atoms with van der Waals surface area (Å²) in [6.45, 7) is 7.21. The van der Waals surface area contributed by atoms with Crippen LogP contribution in [0.15, 0.2) is 40.9 Å². The van der Waals surface area contributed by atoms with E-state index in [1.165, 1.54) is 5.56 Å². The second-order valence-electron chi connectivity index (χ2n) is 4.71. The Morgan fingerprint density at radius 3 is 2.27 bits per heavy atom. The highest BCUT2D eigenvalue weighted by molar-refractivity contribution is 8.04. The van der Waals surface area contributed by atoms with Crippen molar-refractivity contribution in [2.24, 2.45) is 0 Å². The average molecular weight is 236 g/mol. The lowest BCUT2D eigenvalue weighted by molar-refractivity contribution is 1.27. The number of benzene rings is 1. The first-order valence-electron chi connectivity index (χ1n) is 5.32. The third kappa shape index (κ3) is 4.27. The molecule has 2 heteroatoms. The Balaban J connectivity index is 2.72. The van der Waals surface area contributed by atoms with Crippen molar-refractivity contribution in [2.45, 2.75) is 26.1 Å². The van der Waals surface area contributed by atoms with Gasteiger partial charge in [-0.25, -0.2) is 0 Å². The van der Waals surface area contributed by atoms with Crippen molar-refractivity contribution in [3.05, 3.63) is 46.5 Å². The summed E-state index contributed by atoms with van der Waals surface area (Å²) >= 11 is 1.92. The molecule has 0 nitrogen and oxygen atoms in total. The third-order valence-corrected chi connectivity index (χ3v) is 7.06. The minimum Gasteiger partial charge on any atom is -0.139 e. The van der Waals surface area contributed by atoms with Crippen LogP contribution in [-0.2, 0) is 6.42 Å². The highest BCUT2D eigenvalue weighted by Gasteiger charge is 2.18. The van der Waals surface area contributed by atoms with Crippen LogP contribution in [0, 0.1) is 0 Å². The lowest BCUT2D eigenvalue weighted by atomic mass is 10.2. The number of thioether (sulfide) groups is 1. The van der Waals surface area contributed by atoms with Crippen LogP contribution in [0.25, 0.3) is 0 Å². The van der Waals surface area contributed by atoms with Crippen molar-refractivity contribution >= 4 is 19.8 Å². The smallest absolute Gasteiger partial charge is 0.0853 e. The van der Waals surface area contributed by atoms with Gasteiger partial charge in [0.15, 0.2) is 0 Å². The zero-order chi connectivity index (χ0) is 11.3. The molecule has 0 N–H and O–H groups in total. The summed E-state index contributed by atoms with van der Waals surface area (Å²) in [6.07, 6.45) is 5.67. The van der Waals surface area contributed by atoms with E-state index >= 15 is 0 Å². The van der Waals surface area contributed by atoms with Crippen LogP contribution in [0.4, 0.5) is 0 Å². The minimum absolute atomic E-state index is 1.07. The van der Waals surface area contributed by atoms with Crippen LogP contribution in [0.5, 0.6) is 0 Å². The van der Waals surface area contributed by atoms with Crippen LogP contribution < -0.4 is 0 Å². The molecule has 0 aromatic heterocycles. The molecule has 0 aliphatic carbocycles. The van der Waals surface area contributed by atoms with Gasteiger partial charge in [-0.2, -0.15) is 0 Å². The third-order valence-electron chi connectivity index (χ3n) is 2.33. The molecule has 0 saturated carbocycles. The molecule has 0 amide bonds. The summed E-state index contributed by atoms with van der Waals surface area (Å²) in [4.78, 5) is 0. The van der Waals surface area contributed by atoms with Gasteiger partial charge in [0.2, 0.25) is 0 Å². The van der Waals surface area contributed by atoms with Crippen molar-refractivity contribution in [1.29, 1.82) is 0 Å². The van der Waals surface area contributed by atoms with E-state index in [1.807, 2.05) is 11.8 Å². The number of rotatable bonds is 4. The summed E-state index contributed by atoms with van der Waals surface area (Å²) in [5.74, 6) is 0. The number of hydrogen-bond donors (Lipinski definition) is 0. The fraction of sp³-hybridized carbons (Fsp3) is 0.385. The lowest BCUT2D eigenvalue weighted by Crippen LogP contribution is -2.22. The molecular formula is C13H20SSi. The van der Waals surface area contributed by atoms with Crippen molar-refractivity contribution in [3.63, 3.8) is 0 Å². The SMILES string of the molecule is CSC(=CCc1ccccc1)[Si](C)(C)C. The molecule has 0 fully saturated rings. The first-order chi connectivity index (χ1) is 7.04. The fourth-order valence-corrected chi connectivity index (χ4v) is 4.93. The van der Waals surface area contributed by atoms with Crippen LogP contribution in [0.1, 0.15) is 5.56 Å². The quantitative estimate of drug-likeness (QED) is 0.700. The normalized spacial score (nSPS) is 12.9. The van der Waals surface area contributed by atoms with Gasteiger partial charge >= 0.3 is 0 Å². The summed E-state index contributed by atoms with van der Waals surface area (Å²) in [7, 11) is -1.12. The predicted molar refractivity (Wildman–Crippen MR) is 75.1 cm³/mol. The van der Waals surface area contributed by atoms with E-state index in [4.69, 9.17) is 0 Å². The average Bonchev–Trinajstić information content (AvgIpc) is 2.18. The molecule has 1 rings (SSSR count). The van der Waals surface area contributed by atoms with Crippen molar-refractivity contribution in [1.82, 2.24) is 0 Å². The molecule has 0 bridgehead atoms. The molecule has 0 aliphatic heterocycles. The molecular weight excluding hydrogens is 216 g/mol. The van der Waals surface area contributed by atoms with Crippen LogP contribution >= 0.6 is 11.8 Å².